The average Bonchev–Trinajstić information content (AvgIpc) is 2.14. The van der Waals surface area contributed by atoms with Crippen molar-refractivity contribution in [3.63, 3.8) is 0 Å². The van der Waals surface area contributed by atoms with E-state index < -0.39 is 0 Å². The molecule has 0 saturated heterocycles. The van der Waals surface area contributed by atoms with Gasteiger partial charge in [-0.3, -0.25) is 0 Å². The quantitative estimate of drug-likeness (QED) is 0.914. The highest BCUT2D eigenvalue weighted by molar-refractivity contribution is 9.11. The Balaban J connectivity index is 2.73. The van der Waals surface area contributed by atoms with Crippen LogP contribution < -0.4 is 5.32 Å². The SMILES string of the molecule is C=C(Br)CNC(C)c1cnc(C)nc1C. The molecule has 1 heterocycles. The average molecular weight is 270 g/mol. The lowest BCUT2D eigenvalue weighted by Crippen LogP contribution is -2.21. The predicted octanol–water partition coefficient (Wildman–Crippen LogP) is 2.65. The van der Waals surface area contributed by atoms with E-state index in [9.17, 15) is 0 Å². The summed E-state index contributed by atoms with van der Waals surface area (Å²) in [7, 11) is 0. The third-order valence-electron chi connectivity index (χ3n) is 2.20. The molecule has 0 radical (unpaired) electrons. The summed E-state index contributed by atoms with van der Waals surface area (Å²) in [6, 6.07) is 0.236. The molecule has 1 unspecified atom stereocenters. The molecule has 1 rings (SSSR count). The third-order valence-corrected chi connectivity index (χ3v) is 2.48. The summed E-state index contributed by atoms with van der Waals surface area (Å²) in [6.45, 7) is 10.5. The molecule has 1 aromatic rings. The minimum atomic E-state index is 0.236. The Labute approximate surface area is 99.2 Å². The molecule has 0 aromatic carbocycles. The van der Waals surface area contributed by atoms with Crippen LogP contribution in [0.1, 0.15) is 30.0 Å². The summed E-state index contributed by atoms with van der Waals surface area (Å²) in [5.41, 5.74) is 2.16. The summed E-state index contributed by atoms with van der Waals surface area (Å²) in [4.78, 5) is 8.54. The molecule has 82 valence electrons. The fraction of sp³-hybridized carbons (Fsp3) is 0.455. The highest BCUT2D eigenvalue weighted by Gasteiger charge is 2.09. The van der Waals surface area contributed by atoms with Gasteiger partial charge in [-0.2, -0.15) is 0 Å². The van der Waals surface area contributed by atoms with Gasteiger partial charge in [-0.25, -0.2) is 9.97 Å². The van der Waals surface area contributed by atoms with E-state index in [4.69, 9.17) is 0 Å². The summed E-state index contributed by atoms with van der Waals surface area (Å²) in [5, 5.41) is 3.33. The van der Waals surface area contributed by atoms with Crippen LogP contribution in [0.25, 0.3) is 0 Å². The second-order valence-electron chi connectivity index (χ2n) is 3.58. The largest absolute Gasteiger partial charge is 0.306 e. The maximum absolute atomic E-state index is 4.34. The molecule has 0 amide bonds. The zero-order valence-corrected chi connectivity index (χ0v) is 10.9. The topological polar surface area (TPSA) is 37.8 Å². The molecule has 1 atom stereocenters. The van der Waals surface area contributed by atoms with E-state index >= 15 is 0 Å². The molecule has 0 saturated carbocycles. The lowest BCUT2D eigenvalue weighted by molar-refractivity contribution is 0.605. The van der Waals surface area contributed by atoms with Crippen molar-refractivity contribution in [3.8, 4) is 0 Å². The van der Waals surface area contributed by atoms with Gasteiger partial charge in [0.25, 0.3) is 0 Å². The van der Waals surface area contributed by atoms with Gasteiger partial charge in [0.1, 0.15) is 5.82 Å². The molecule has 0 fully saturated rings. The molecule has 1 aromatic heterocycles. The fourth-order valence-electron chi connectivity index (χ4n) is 1.39. The summed E-state index contributed by atoms with van der Waals surface area (Å²) >= 11 is 3.32. The number of rotatable bonds is 4. The molecule has 4 heteroatoms. The van der Waals surface area contributed by atoms with Crippen LogP contribution in [-0.2, 0) is 0 Å². The summed E-state index contributed by atoms with van der Waals surface area (Å²) in [5.74, 6) is 0.813. The molecule has 0 bridgehead atoms. The van der Waals surface area contributed by atoms with Gasteiger partial charge in [-0.15, -0.1) is 0 Å². The number of aryl methyl sites for hydroxylation is 2. The van der Waals surface area contributed by atoms with E-state index in [0.29, 0.717) is 0 Å². The maximum Gasteiger partial charge on any atom is 0.125 e. The molecule has 0 aliphatic carbocycles. The van der Waals surface area contributed by atoms with E-state index in [1.165, 1.54) is 0 Å². The Morgan fingerprint density at radius 1 is 1.60 bits per heavy atom. The van der Waals surface area contributed by atoms with E-state index in [-0.39, 0.29) is 6.04 Å². The third kappa shape index (κ3) is 3.72. The second kappa shape index (κ2) is 5.37. The van der Waals surface area contributed by atoms with E-state index in [2.05, 4.69) is 44.7 Å². The Bertz CT molecular complexity index is 363. The van der Waals surface area contributed by atoms with E-state index in [1.54, 1.807) is 0 Å². The minimum Gasteiger partial charge on any atom is -0.306 e. The number of nitrogens with one attached hydrogen (secondary N) is 1. The first kappa shape index (κ1) is 12.3. The molecule has 3 nitrogen and oxygen atoms in total. The molecule has 15 heavy (non-hydrogen) atoms. The zero-order valence-electron chi connectivity index (χ0n) is 9.34. The van der Waals surface area contributed by atoms with Gasteiger partial charge in [0.2, 0.25) is 0 Å². The van der Waals surface area contributed by atoms with Crippen molar-refractivity contribution in [1.29, 1.82) is 0 Å². The van der Waals surface area contributed by atoms with E-state index in [1.807, 2.05) is 20.0 Å². The molecular weight excluding hydrogens is 254 g/mol. The van der Waals surface area contributed by atoms with Gasteiger partial charge in [0.15, 0.2) is 0 Å². The number of hydrogen-bond acceptors (Lipinski definition) is 3. The number of aromatic nitrogens is 2. The van der Waals surface area contributed by atoms with Crippen LogP contribution >= 0.6 is 15.9 Å². The highest BCUT2D eigenvalue weighted by atomic mass is 79.9. The van der Waals surface area contributed by atoms with E-state index in [0.717, 1.165) is 28.1 Å². The van der Waals surface area contributed by atoms with Gasteiger partial charge in [-0.1, -0.05) is 22.5 Å². The highest BCUT2D eigenvalue weighted by Crippen LogP contribution is 2.15. The van der Waals surface area contributed by atoms with Crippen LogP contribution in [0, 0.1) is 13.8 Å². The van der Waals surface area contributed by atoms with Gasteiger partial charge in [-0.05, 0) is 20.8 Å². The monoisotopic (exact) mass is 269 g/mol. The van der Waals surface area contributed by atoms with Crippen LogP contribution in [-0.4, -0.2) is 16.5 Å². The first-order valence-corrected chi connectivity index (χ1v) is 5.67. The Morgan fingerprint density at radius 3 is 2.80 bits per heavy atom. The van der Waals surface area contributed by atoms with Crippen molar-refractivity contribution in [2.75, 3.05) is 6.54 Å². The van der Waals surface area contributed by atoms with Crippen molar-refractivity contribution in [3.05, 3.63) is 34.3 Å². The Kier molecular flexibility index (Phi) is 4.42. The van der Waals surface area contributed by atoms with Crippen LogP contribution in [0.3, 0.4) is 0 Å². The lowest BCUT2D eigenvalue weighted by atomic mass is 10.1. The maximum atomic E-state index is 4.34. The lowest BCUT2D eigenvalue weighted by Gasteiger charge is -2.15. The number of halogens is 1. The number of hydrogen-bond donors (Lipinski definition) is 1. The van der Waals surface area contributed by atoms with Crippen molar-refractivity contribution < 1.29 is 0 Å². The Morgan fingerprint density at radius 2 is 2.27 bits per heavy atom. The molecule has 0 aliphatic rings. The van der Waals surface area contributed by atoms with Gasteiger partial charge >= 0.3 is 0 Å². The van der Waals surface area contributed by atoms with Gasteiger partial charge in [0, 0.05) is 34.5 Å². The first-order chi connectivity index (χ1) is 7.00. The van der Waals surface area contributed by atoms with Crippen molar-refractivity contribution >= 4 is 15.9 Å². The summed E-state index contributed by atoms with van der Waals surface area (Å²) < 4.78 is 0.944. The molecule has 0 spiro atoms. The smallest absolute Gasteiger partial charge is 0.125 e. The molecule has 1 N–H and O–H groups in total. The van der Waals surface area contributed by atoms with Crippen LogP contribution in [0.4, 0.5) is 0 Å². The van der Waals surface area contributed by atoms with Gasteiger partial charge < -0.3 is 5.32 Å². The predicted molar refractivity (Wildman–Crippen MR) is 66.0 cm³/mol. The standard InChI is InChI=1S/C11H16BrN3/c1-7(12)5-13-8(2)11-6-14-10(4)15-9(11)3/h6,8,13H,1,5H2,2-4H3. The minimum absolute atomic E-state index is 0.236. The van der Waals surface area contributed by atoms with Crippen LogP contribution in [0.15, 0.2) is 17.3 Å². The second-order valence-corrected chi connectivity index (χ2v) is 4.70. The first-order valence-electron chi connectivity index (χ1n) is 4.87. The van der Waals surface area contributed by atoms with Crippen LogP contribution in [0.2, 0.25) is 0 Å². The van der Waals surface area contributed by atoms with Crippen molar-refractivity contribution in [2.45, 2.75) is 26.8 Å². The number of nitrogens with zero attached hydrogens (tertiary/aromatic N) is 2. The van der Waals surface area contributed by atoms with Crippen LogP contribution in [0.5, 0.6) is 0 Å². The fourth-order valence-corrected chi connectivity index (χ4v) is 1.55. The molecule has 0 aliphatic heterocycles. The Hall–Kier alpha value is -0.740. The van der Waals surface area contributed by atoms with Crippen molar-refractivity contribution in [2.24, 2.45) is 0 Å². The van der Waals surface area contributed by atoms with Crippen molar-refractivity contribution in [1.82, 2.24) is 15.3 Å². The zero-order chi connectivity index (χ0) is 11.4. The summed E-state index contributed by atoms with van der Waals surface area (Å²) in [6.07, 6.45) is 1.88. The van der Waals surface area contributed by atoms with Gasteiger partial charge in [0.05, 0.1) is 0 Å². The molecular formula is C11H16BrN3. The normalized spacial score (nSPS) is 12.5.